The minimum atomic E-state index is 0.602. The van der Waals surface area contributed by atoms with Gasteiger partial charge in [0.25, 0.3) is 0 Å². The quantitative estimate of drug-likeness (QED) is 0.658. The number of nitrogens with one attached hydrogen (secondary N) is 1. The van der Waals surface area contributed by atoms with Crippen molar-refractivity contribution in [3.63, 3.8) is 0 Å². The Bertz CT molecular complexity index is 402. The lowest BCUT2D eigenvalue weighted by Gasteiger charge is -2.31. The molecule has 0 aromatic carbocycles. The molecule has 2 atom stereocenters. The molecule has 21 heavy (non-hydrogen) atoms. The van der Waals surface area contributed by atoms with E-state index in [0.717, 1.165) is 0 Å². The number of fused-ring (bicyclic) bond motifs is 1. The predicted octanol–water partition coefficient (Wildman–Crippen LogP) is 4.84. The average molecular weight is 288 g/mol. The van der Waals surface area contributed by atoms with Gasteiger partial charge in [-0.25, -0.2) is 0 Å². The Morgan fingerprint density at radius 3 is 2.86 bits per heavy atom. The molecule has 0 saturated carbocycles. The van der Waals surface area contributed by atoms with E-state index in [9.17, 15) is 0 Å². The topological polar surface area (TPSA) is 24.9 Å². The third kappa shape index (κ3) is 4.81. The number of unbranched alkanes of at least 4 members (excludes halogenated alkanes) is 5. The lowest BCUT2D eigenvalue weighted by atomic mass is 9.80. The molecule has 2 rings (SSSR count). The summed E-state index contributed by atoms with van der Waals surface area (Å²) in [6.07, 6.45) is 15.4. The monoisotopic (exact) mass is 288 g/mol. The van der Waals surface area contributed by atoms with Crippen LogP contribution in [0.4, 0.5) is 0 Å². The molecule has 2 unspecified atom stereocenters. The summed E-state index contributed by atoms with van der Waals surface area (Å²) in [5.74, 6) is 0.621. The van der Waals surface area contributed by atoms with E-state index in [1.54, 1.807) is 0 Å². The summed E-state index contributed by atoms with van der Waals surface area (Å²) < 4.78 is 0. The molecule has 2 nitrogen and oxygen atoms in total. The molecule has 0 bridgehead atoms. The molecular weight excluding hydrogens is 256 g/mol. The Balaban J connectivity index is 1.84. The molecule has 1 aliphatic rings. The second-order valence-corrected chi connectivity index (χ2v) is 6.50. The van der Waals surface area contributed by atoms with Gasteiger partial charge in [0.2, 0.25) is 0 Å². The lowest BCUT2D eigenvalue weighted by molar-refractivity contribution is 0.373. The number of rotatable bonds is 9. The summed E-state index contributed by atoms with van der Waals surface area (Å²) in [5, 5.41) is 3.57. The van der Waals surface area contributed by atoms with Crippen molar-refractivity contribution in [2.75, 3.05) is 7.05 Å². The molecule has 1 aliphatic carbocycles. The maximum atomic E-state index is 4.70. The van der Waals surface area contributed by atoms with Crippen LogP contribution in [0.5, 0.6) is 0 Å². The van der Waals surface area contributed by atoms with Crippen molar-refractivity contribution in [2.45, 2.75) is 83.1 Å². The van der Waals surface area contributed by atoms with Gasteiger partial charge in [-0.1, -0.05) is 51.5 Å². The molecule has 1 aromatic rings. The Hall–Kier alpha value is -0.890. The smallest absolute Gasteiger partial charge is 0.0481 e. The van der Waals surface area contributed by atoms with Crippen LogP contribution in [0.1, 0.15) is 81.9 Å². The first kappa shape index (κ1) is 16.5. The van der Waals surface area contributed by atoms with Gasteiger partial charge in [-0.2, -0.15) is 0 Å². The molecule has 0 fully saturated rings. The van der Waals surface area contributed by atoms with Gasteiger partial charge in [0.05, 0.1) is 0 Å². The summed E-state index contributed by atoms with van der Waals surface area (Å²) in [4.78, 5) is 4.70. The van der Waals surface area contributed by atoms with Gasteiger partial charge in [0.15, 0.2) is 0 Å². The fourth-order valence-electron chi connectivity index (χ4n) is 3.73. The fraction of sp³-hybridized carbons (Fsp3) is 0.737. The molecule has 0 radical (unpaired) electrons. The normalized spacial score (nSPS) is 19.2. The Morgan fingerprint density at radius 2 is 2.05 bits per heavy atom. The first-order valence-corrected chi connectivity index (χ1v) is 8.97. The van der Waals surface area contributed by atoms with Crippen LogP contribution in [0.15, 0.2) is 18.3 Å². The Kier molecular flexibility index (Phi) is 7.21. The van der Waals surface area contributed by atoms with Crippen LogP contribution >= 0.6 is 0 Å². The highest BCUT2D eigenvalue weighted by atomic mass is 14.9. The van der Waals surface area contributed by atoms with Gasteiger partial charge >= 0.3 is 0 Å². The second-order valence-electron chi connectivity index (χ2n) is 6.50. The number of hydrogen-bond donors (Lipinski definition) is 1. The van der Waals surface area contributed by atoms with E-state index in [0.29, 0.717) is 12.0 Å². The Morgan fingerprint density at radius 1 is 1.24 bits per heavy atom. The van der Waals surface area contributed by atoms with Crippen LogP contribution in [0.2, 0.25) is 0 Å². The third-order valence-corrected chi connectivity index (χ3v) is 4.96. The maximum Gasteiger partial charge on any atom is 0.0481 e. The van der Waals surface area contributed by atoms with E-state index in [-0.39, 0.29) is 0 Å². The SMILES string of the molecule is CCCCCCCCC(NC)C1CCCc2cccnc21. The predicted molar refractivity (Wildman–Crippen MR) is 90.8 cm³/mol. The van der Waals surface area contributed by atoms with E-state index in [1.165, 1.54) is 75.5 Å². The van der Waals surface area contributed by atoms with Crippen LogP contribution in [0.25, 0.3) is 0 Å². The van der Waals surface area contributed by atoms with Gasteiger partial charge in [-0.3, -0.25) is 4.98 Å². The largest absolute Gasteiger partial charge is 0.316 e. The number of aromatic nitrogens is 1. The zero-order valence-corrected chi connectivity index (χ0v) is 13.9. The summed E-state index contributed by atoms with van der Waals surface area (Å²) >= 11 is 0. The van der Waals surface area contributed by atoms with Gasteiger partial charge in [0, 0.05) is 23.9 Å². The van der Waals surface area contributed by atoms with Crippen molar-refractivity contribution >= 4 is 0 Å². The standard InChI is InChI=1S/C19H32N2/c1-3-4-5-6-7-8-14-18(20-2)17-13-9-11-16-12-10-15-21-19(16)17/h10,12,15,17-18,20H,3-9,11,13-14H2,1-2H3. The van der Waals surface area contributed by atoms with Crippen molar-refractivity contribution in [1.29, 1.82) is 0 Å². The van der Waals surface area contributed by atoms with Crippen molar-refractivity contribution < 1.29 is 0 Å². The van der Waals surface area contributed by atoms with E-state index in [2.05, 4.69) is 31.4 Å². The molecule has 0 saturated heterocycles. The molecule has 0 spiro atoms. The van der Waals surface area contributed by atoms with Crippen LogP contribution in [0.3, 0.4) is 0 Å². The zero-order valence-electron chi connectivity index (χ0n) is 13.9. The highest BCUT2D eigenvalue weighted by Gasteiger charge is 2.27. The average Bonchev–Trinajstić information content (AvgIpc) is 2.54. The molecule has 0 amide bonds. The highest BCUT2D eigenvalue weighted by Crippen LogP contribution is 2.34. The van der Waals surface area contributed by atoms with E-state index >= 15 is 0 Å². The van der Waals surface area contributed by atoms with E-state index in [1.807, 2.05) is 6.20 Å². The van der Waals surface area contributed by atoms with Crippen LogP contribution in [0, 0.1) is 0 Å². The van der Waals surface area contributed by atoms with Crippen molar-refractivity contribution in [1.82, 2.24) is 10.3 Å². The number of nitrogens with zero attached hydrogens (tertiary/aromatic N) is 1. The van der Waals surface area contributed by atoms with Crippen LogP contribution in [-0.4, -0.2) is 18.1 Å². The van der Waals surface area contributed by atoms with E-state index in [4.69, 9.17) is 4.98 Å². The fourth-order valence-corrected chi connectivity index (χ4v) is 3.73. The van der Waals surface area contributed by atoms with Crippen LogP contribution in [-0.2, 0) is 6.42 Å². The van der Waals surface area contributed by atoms with Gasteiger partial charge in [-0.15, -0.1) is 0 Å². The first-order chi connectivity index (χ1) is 10.4. The minimum Gasteiger partial charge on any atom is -0.316 e. The second kappa shape index (κ2) is 9.19. The molecule has 1 N–H and O–H groups in total. The molecular formula is C19H32N2. The zero-order chi connectivity index (χ0) is 14.9. The summed E-state index contributed by atoms with van der Waals surface area (Å²) in [6.45, 7) is 2.28. The molecule has 2 heteroatoms. The van der Waals surface area contributed by atoms with E-state index < -0.39 is 0 Å². The summed E-state index contributed by atoms with van der Waals surface area (Å²) in [7, 11) is 2.12. The molecule has 1 aromatic heterocycles. The summed E-state index contributed by atoms with van der Waals surface area (Å²) in [5.41, 5.74) is 2.85. The van der Waals surface area contributed by atoms with Gasteiger partial charge in [0.1, 0.15) is 0 Å². The molecule has 0 aliphatic heterocycles. The van der Waals surface area contributed by atoms with Gasteiger partial charge in [-0.05, 0) is 44.4 Å². The molecule has 118 valence electrons. The van der Waals surface area contributed by atoms with Crippen molar-refractivity contribution in [3.05, 3.63) is 29.6 Å². The van der Waals surface area contributed by atoms with Crippen LogP contribution < -0.4 is 5.32 Å². The Labute approximate surface area is 130 Å². The minimum absolute atomic E-state index is 0.602. The lowest BCUT2D eigenvalue weighted by Crippen LogP contribution is -2.34. The summed E-state index contributed by atoms with van der Waals surface area (Å²) in [6, 6.07) is 4.96. The van der Waals surface area contributed by atoms with Crippen molar-refractivity contribution in [3.8, 4) is 0 Å². The molecule has 1 heterocycles. The van der Waals surface area contributed by atoms with Crippen molar-refractivity contribution in [2.24, 2.45) is 0 Å². The van der Waals surface area contributed by atoms with Gasteiger partial charge < -0.3 is 5.32 Å². The number of aryl methyl sites for hydroxylation is 1. The first-order valence-electron chi connectivity index (χ1n) is 8.97. The highest BCUT2D eigenvalue weighted by molar-refractivity contribution is 5.27. The number of hydrogen-bond acceptors (Lipinski definition) is 2. The number of likely N-dealkylation sites (N-methyl/N-ethyl adjacent to an activating group) is 1. The third-order valence-electron chi connectivity index (χ3n) is 4.96. The maximum absolute atomic E-state index is 4.70. The number of pyridine rings is 1.